The van der Waals surface area contributed by atoms with Crippen molar-refractivity contribution in [2.24, 2.45) is 0 Å². The van der Waals surface area contributed by atoms with Gasteiger partial charge in [0.2, 0.25) is 0 Å². The second-order valence-electron chi connectivity index (χ2n) is 5.24. The predicted molar refractivity (Wildman–Crippen MR) is 88.9 cm³/mol. The molecule has 4 heteroatoms. The van der Waals surface area contributed by atoms with Gasteiger partial charge in [-0.1, -0.05) is 25.1 Å². The molecule has 0 fully saturated rings. The lowest BCUT2D eigenvalue weighted by Gasteiger charge is -2.10. The Kier molecular flexibility index (Phi) is 5.52. The molecule has 0 amide bonds. The third-order valence-corrected chi connectivity index (χ3v) is 3.35. The summed E-state index contributed by atoms with van der Waals surface area (Å²) in [5.41, 5.74) is 2.01. The highest BCUT2D eigenvalue weighted by Crippen LogP contribution is 2.26. The van der Waals surface area contributed by atoms with Gasteiger partial charge < -0.3 is 9.84 Å². The summed E-state index contributed by atoms with van der Waals surface area (Å²) in [6.45, 7) is 4.46. The fourth-order valence-electron chi connectivity index (χ4n) is 2.27. The Morgan fingerprint density at radius 1 is 1.26 bits per heavy atom. The van der Waals surface area contributed by atoms with E-state index in [-0.39, 0.29) is 5.57 Å². The summed E-state index contributed by atoms with van der Waals surface area (Å²) < 4.78 is 18.8. The number of carboxylic acid groups (broad SMARTS) is 1. The zero-order valence-electron chi connectivity index (χ0n) is 13.2. The predicted octanol–water partition coefficient (Wildman–Crippen LogP) is 4.55. The molecule has 0 bridgehead atoms. The van der Waals surface area contributed by atoms with Gasteiger partial charge in [-0.25, -0.2) is 9.18 Å². The Labute approximate surface area is 135 Å². The van der Waals surface area contributed by atoms with E-state index in [0.29, 0.717) is 23.5 Å². The minimum absolute atomic E-state index is 0.121. The summed E-state index contributed by atoms with van der Waals surface area (Å²) in [4.78, 5) is 11.6. The number of benzene rings is 2. The highest BCUT2D eigenvalue weighted by Gasteiger charge is 2.14. The van der Waals surface area contributed by atoms with Crippen molar-refractivity contribution in [2.75, 3.05) is 6.61 Å². The highest BCUT2D eigenvalue weighted by atomic mass is 19.1. The van der Waals surface area contributed by atoms with Crippen LogP contribution in [0.1, 0.15) is 30.0 Å². The second kappa shape index (κ2) is 7.58. The van der Waals surface area contributed by atoms with Gasteiger partial charge in [0.1, 0.15) is 11.6 Å². The highest BCUT2D eigenvalue weighted by molar-refractivity contribution is 6.21. The quantitative estimate of drug-likeness (QED) is 0.628. The minimum Gasteiger partial charge on any atom is -0.494 e. The lowest BCUT2D eigenvalue weighted by molar-refractivity contribution is -0.130. The number of carboxylic acids is 1. The molecule has 23 heavy (non-hydrogen) atoms. The van der Waals surface area contributed by atoms with Crippen molar-refractivity contribution in [1.82, 2.24) is 0 Å². The second-order valence-corrected chi connectivity index (χ2v) is 5.24. The molecular formula is C19H19FO3. The molecule has 1 N–H and O–H groups in total. The Bertz CT molecular complexity index is 735. The van der Waals surface area contributed by atoms with Crippen LogP contribution in [0.5, 0.6) is 5.75 Å². The number of aliphatic carboxylic acids is 1. The first-order chi connectivity index (χ1) is 11.0. The van der Waals surface area contributed by atoms with Crippen LogP contribution in [0.3, 0.4) is 0 Å². The van der Waals surface area contributed by atoms with Gasteiger partial charge in [0.25, 0.3) is 0 Å². The summed E-state index contributed by atoms with van der Waals surface area (Å²) in [6.07, 6.45) is 2.38. The lowest BCUT2D eigenvalue weighted by atomic mass is 9.98. The molecule has 0 saturated carbocycles. The molecule has 0 heterocycles. The molecule has 120 valence electrons. The first-order valence-electron chi connectivity index (χ1n) is 7.45. The van der Waals surface area contributed by atoms with Gasteiger partial charge in [-0.05, 0) is 60.4 Å². The van der Waals surface area contributed by atoms with Crippen LogP contribution in [0.15, 0.2) is 42.5 Å². The Balaban J connectivity index is 2.40. The van der Waals surface area contributed by atoms with Crippen LogP contribution in [0, 0.1) is 12.7 Å². The summed E-state index contributed by atoms with van der Waals surface area (Å²) in [6, 6.07) is 11.1. The third-order valence-electron chi connectivity index (χ3n) is 3.35. The van der Waals surface area contributed by atoms with Crippen molar-refractivity contribution in [1.29, 1.82) is 0 Å². The molecule has 0 atom stereocenters. The van der Waals surface area contributed by atoms with Crippen molar-refractivity contribution >= 4 is 17.6 Å². The van der Waals surface area contributed by atoms with E-state index in [4.69, 9.17) is 4.74 Å². The number of carbonyl (C=O) groups is 1. The Morgan fingerprint density at radius 3 is 2.65 bits per heavy atom. The topological polar surface area (TPSA) is 46.5 Å². The Hall–Kier alpha value is -2.62. The van der Waals surface area contributed by atoms with Crippen molar-refractivity contribution < 1.29 is 19.0 Å². The fraction of sp³-hybridized carbons (Fsp3) is 0.211. The van der Waals surface area contributed by atoms with Crippen molar-refractivity contribution in [2.45, 2.75) is 20.3 Å². The van der Waals surface area contributed by atoms with E-state index in [1.807, 2.05) is 19.9 Å². The molecule has 0 radical (unpaired) electrons. The van der Waals surface area contributed by atoms with Crippen LogP contribution >= 0.6 is 0 Å². The van der Waals surface area contributed by atoms with E-state index in [9.17, 15) is 14.3 Å². The van der Waals surface area contributed by atoms with Gasteiger partial charge in [-0.3, -0.25) is 0 Å². The summed E-state index contributed by atoms with van der Waals surface area (Å²) in [5.74, 6) is -0.744. The molecular weight excluding hydrogens is 295 g/mol. The van der Waals surface area contributed by atoms with Gasteiger partial charge in [0.05, 0.1) is 12.2 Å². The van der Waals surface area contributed by atoms with E-state index < -0.39 is 11.8 Å². The summed E-state index contributed by atoms with van der Waals surface area (Å²) in [7, 11) is 0. The average molecular weight is 314 g/mol. The molecule has 2 aromatic carbocycles. The molecule has 2 rings (SSSR count). The van der Waals surface area contributed by atoms with Crippen molar-refractivity contribution in [3.63, 3.8) is 0 Å². The molecule has 3 nitrogen and oxygen atoms in total. The normalized spacial score (nSPS) is 11.3. The maximum Gasteiger partial charge on any atom is 0.336 e. The number of rotatable bonds is 6. The largest absolute Gasteiger partial charge is 0.494 e. The van der Waals surface area contributed by atoms with E-state index in [0.717, 1.165) is 12.0 Å². The van der Waals surface area contributed by atoms with Crippen LogP contribution in [0.4, 0.5) is 4.39 Å². The standard InChI is InChI=1S/C19H19FO3/c1-3-9-23-16-7-8-17(13(2)10-16)18(19(21)22)12-14-5-4-6-15(20)11-14/h4-8,10-12H,3,9H2,1-2H3,(H,21,22)/b18-12-. The number of ether oxygens (including phenoxy) is 1. The average Bonchev–Trinajstić information content (AvgIpc) is 2.51. The van der Waals surface area contributed by atoms with Gasteiger partial charge in [-0.2, -0.15) is 0 Å². The maximum atomic E-state index is 13.3. The molecule has 0 aromatic heterocycles. The first-order valence-corrected chi connectivity index (χ1v) is 7.45. The number of halogens is 1. The SMILES string of the molecule is CCCOc1ccc(/C(=C/c2cccc(F)c2)C(=O)O)c(C)c1. The van der Waals surface area contributed by atoms with E-state index in [1.54, 1.807) is 24.3 Å². The maximum absolute atomic E-state index is 13.3. The van der Waals surface area contributed by atoms with Gasteiger partial charge >= 0.3 is 5.97 Å². The molecule has 0 aliphatic carbocycles. The third kappa shape index (κ3) is 4.42. The lowest BCUT2D eigenvalue weighted by Crippen LogP contribution is -2.02. The molecule has 0 unspecified atom stereocenters. The monoisotopic (exact) mass is 314 g/mol. The molecule has 2 aromatic rings. The first kappa shape index (κ1) is 16.7. The van der Waals surface area contributed by atoms with Crippen molar-refractivity contribution in [3.05, 3.63) is 65.0 Å². The van der Waals surface area contributed by atoms with Crippen LogP contribution in [0.2, 0.25) is 0 Å². The van der Waals surface area contributed by atoms with E-state index in [1.165, 1.54) is 18.2 Å². The number of hydrogen-bond donors (Lipinski definition) is 1. The van der Waals surface area contributed by atoms with Crippen molar-refractivity contribution in [3.8, 4) is 5.75 Å². The van der Waals surface area contributed by atoms with Crippen LogP contribution in [-0.2, 0) is 4.79 Å². The zero-order chi connectivity index (χ0) is 16.8. The number of hydrogen-bond acceptors (Lipinski definition) is 2. The molecule has 0 saturated heterocycles. The summed E-state index contributed by atoms with van der Waals surface area (Å²) in [5, 5.41) is 9.50. The van der Waals surface area contributed by atoms with Crippen LogP contribution < -0.4 is 4.74 Å². The summed E-state index contributed by atoms with van der Waals surface area (Å²) >= 11 is 0. The van der Waals surface area contributed by atoms with Gasteiger partial charge in [0.15, 0.2) is 0 Å². The zero-order valence-corrected chi connectivity index (χ0v) is 13.2. The van der Waals surface area contributed by atoms with Gasteiger partial charge in [-0.15, -0.1) is 0 Å². The van der Waals surface area contributed by atoms with Crippen LogP contribution in [-0.4, -0.2) is 17.7 Å². The Morgan fingerprint density at radius 2 is 2.04 bits per heavy atom. The molecule has 0 aliphatic rings. The van der Waals surface area contributed by atoms with E-state index >= 15 is 0 Å². The molecule has 0 aliphatic heterocycles. The molecule has 0 spiro atoms. The fourth-order valence-corrected chi connectivity index (χ4v) is 2.27. The smallest absolute Gasteiger partial charge is 0.336 e. The van der Waals surface area contributed by atoms with E-state index in [2.05, 4.69) is 0 Å². The van der Waals surface area contributed by atoms with Gasteiger partial charge in [0, 0.05) is 0 Å². The number of aryl methyl sites for hydroxylation is 1. The van der Waals surface area contributed by atoms with Crippen LogP contribution in [0.25, 0.3) is 11.6 Å². The minimum atomic E-state index is -1.06.